The lowest BCUT2D eigenvalue weighted by Crippen LogP contribution is -2.15. The third-order valence-corrected chi connectivity index (χ3v) is 4.24. The van der Waals surface area contributed by atoms with Gasteiger partial charge in [0.1, 0.15) is 0 Å². The van der Waals surface area contributed by atoms with E-state index in [2.05, 4.69) is 56.8 Å². The summed E-state index contributed by atoms with van der Waals surface area (Å²) in [4.78, 5) is 12.1. The summed E-state index contributed by atoms with van der Waals surface area (Å²) in [6.45, 7) is 8.08. The fourth-order valence-electron chi connectivity index (χ4n) is 3.13. The van der Waals surface area contributed by atoms with Crippen molar-refractivity contribution in [2.24, 2.45) is 0 Å². The van der Waals surface area contributed by atoms with E-state index in [1.54, 1.807) is 6.08 Å². The largest absolute Gasteiger partial charge is 0.294 e. The van der Waals surface area contributed by atoms with Crippen LogP contribution >= 0.6 is 0 Å². The van der Waals surface area contributed by atoms with Gasteiger partial charge in [0.2, 0.25) is 0 Å². The molecule has 1 aliphatic rings. The Morgan fingerprint density at radius 3 is 2.55 bits per heavy atom. The number of ketones is 1. The monoisotopic (exact) mass is 262 g/mol. The average molecular weight is 262 g/mol. The van der Waals surface area contributed by atoms with Gasteiger partial charge < -0.3 is 0 Å². The van der Waals surface area contributed by atoms with Crippen molar-refractivity contribution >= 4 is 5.78 Å². The molecule has 0 amide bonds. The minimum atomic E-state index is -0.0452. The number of Topliss-reactive ketones (excluding diaryl/α,β-unsaturated/α-hetero) is 1. The van der Waals surface area contributed by atoms with Gasteiger partial charge in [-0.3, -0.25) is 4.79 Å². The molecule has 2 aromatic rings. The van der Waals surface area contributed by atoms with Crippen LogP contribution in [0.25, 0.3) is 11.1 Å². The summed E-state index contributed by atoms with van der Waals surface area (Å²) in [6.07, 6.45) is 2.06. The highest BCUT2D eigenvalue weighted by Gasteiger charge is 2.35. The van der Waals surface area contributed by atoms with Gasteiger partial charge >= 0.3 is 0 Å². The molecule has 0 atom stereocenters. The van der Waals surface area contributed by atoms with E-state index in [1.807, 2.05) is 6.07 Å². The number of allylic oxidation sites excluding steroid dienone is 1. The summed E-state index contributed by atoms with van der Waals surface area (Å²) >= 11 is 0. The Labute approximate surface area is 120 Å². The van der Waals surface area contributed by atoms with Gasteiger partial charge in [-0.1, -0.05) is 56.3 Å². The molecule has 0 bridgehead atoms. The van der Waals surface area contributed by atoms with E-state index >= 15 is 0 Å². The Hall–Kier alpha value is -2.15. The number of carbonyl (C=O) groups excluding carboxylic acids is 1. The number of benzene rings is 2. The van der Waals surface area contributed by atoms with Crippen LogP contribution in [0.5, 0.6) is 0 Å². The topological polar surface area (TPSA) is 17.1 Å². The second kappa shape index (κ2) is 4.45. The van der Waals surface area contributed by atoms with Crippen LogP contribution in [0, 0.1) is 0 Å². The average Bonchev–Trinajstić information content (AvgIpc) is 2.68. The molecular weight excluding hydrogens is 244 g/mol. The van der Waals surface area contributed by atoms with Crippen LogP contribution < -0.4 is 0 Å². The summed E-state index contributed by atoms with van der Waals surface area (Å²) in [5.74, 6) is 0.134. The highest BCUT2D eigenvalue weighted by molar-refractivity contribution is 5.98. The van der Waals surface area contributed by atoms with Crippen molar-refractivity contribution in [3.05, 3.63) is 71.8 Å². The first-order valence-corrected chi connectivity index (χ1v) is 6.94. The van der Waals surface area contributed by atoms with E-state index in [-0.39, 0.29) is 11.2 Å². The van der Waals surface area contributed by atoms with Crippen LogP contribution in [-0.4, -0.2) is 5.78 Å². The standard InChI is InChI=1S/C19H18O/c1-4-7-18(20)13-10-11-15-14-8-5-6-9-16(14)19(2,3)17(15)12-13/h4-6,8-12H,1,7H2,2-3H3. The van der Waals surface area contributed by atoms with Gasteiger partial charge in [0.25, 0.3) is 0 Å². The first kappa shape index (κ1) is 12.9. The normalized spacial score (nSPS) is 14.5. The van der Waals surface area contributed by atoms with Crippen molar-refractivity contribution in [2.75, 3.05) is 0 Å². The Balaban J connectivity index is 2.17. The summed E-state index contributed by atoms with van der Waals surface area (Å²) in [5.41, 5.74) is 5.86. The minimum Gasteiger partial charge on any atom is -0.294 e. The Morgan fingerprint density at radius 2 is 1.80 bits per heavy atom. The molecule has 0 unspecified atom stereocenters. The van der Waals surface area contributed by atoms with Crippen molar-refractivity contribution in [3.8, 4) is 11.1 Å². The molecule has 1 heteroatoms. The molecule has 0 fully saturated rings. The van der Waals surface area contributed by atoms with Crippen LogP contribution in [0.2, 0.25) is 0 Å². The predicted molar refractivity (Wildman–Crippen MR) is 83.2 cm³/mol. The zero-order chi connectivity index (χ0) is 14.3. The maximum absolute atomic E-state index is 12.1. The van der Waals surface area contributed by atoms with Gasteiger partial charge in [-0.25, -0.2) is 0 Å². The molecule has 1 nitrogen and oxygen atoms in total. The zero-order valence-corrected chi connectivity index (χ0v) is 11.9. The van der Waals surface area contributed by atoms with Crippen molar-refractivity contribution in [2.45, 2.75) is 25.7 Å². The zero-order valence-electron chi connectivity index (χ0n) is 11.9. The Bertz CT molecular complexity index is 707. The van der Waals surface area contributed by atoms with E-state index in [1.165, 1.54) is 22.3 Å². The lowest BCUT2D eigenvalue weighted by Gasteiger charge is -2.21. The molecule has 0 N–H and O–H groups in total. The highest BCUT2D eigenvalue weighted by atomic mass is 16.1. The SMILES string of the molecule is C=CCC(=O)c1ccc2c(c1)C(C)(C)c1ccccc1-2. The number of fused-ring (bicyclic) bond motifs is 3. The molecule has 0 aliphatic heterocycles. The van der Waals surface area contributed by atoms with E-state index in [0.29, 0.717) is 6.42 Å². The molecule has 20 heavy (non-hydrogen) atoms. The van der Waals surface area contributed by atoms with E-state index in [9.17, 15) is 4.79 Å². The number of rotatable bonds is 3. The fourth-order valence-corrected chi connectivity index (χ4v) is 3.13. The maximum atomic E-state index is 12.1. The van der Waals surface area contributed by atoms with E-state index < -0.39 is 0 Å². The molecule has 2 aromatic carbocycles. The maximum Gasteiger partial charge on any atom is 0.166 e. The van der Waals surface area contributed by atoms with Crippen LogP contribution in [0.1, 0.15) is 41.8 Å². The number of carbonyl (C=O) groups is 1. The molecule has 0 aromatic heterocycles. The summed E-state index contributed by atoms with van der Waals surface area (Å²) in [7, 11) is 0. The number of hydrogen-bond donors (Lipinski definition) is 0. The molecular formula is C19H18O. The summed E-state index contributed by atoms with van der Waals surface area (Å²) < 4.78 is 0. The Morgan fingerprint density at radius 1 is 1.10 bits per heavy atom. The molecule has 0 radical (unpaired) electrons. The third kappa shape index (κ3) is 1.74. The van der Waals surface area contributed by atoms with Crippen LogP contribution in [0.4, 0.5) is 0 Å². The van der Waals surface area contributed by atoms with Gasteiger partial charge in [-0.05, 0) is 28.3 Å². The molecule has 0 saturated carbocycles. The van der Waals surface area contributed by atoms with Gasteiger partial charge in [0.05, 0.1) is 0 Å². The van der Waals surface area contributed by atoms with Crippen LogP contribution in [0.3, 0.4) is 0 Å². The van der Waals surface area contributed by atoms with Crippen LogP contribution in [-0.2, 0) is 5.41 Å². The van der Waals surface area contributed by atoms with Crippen molar-refractivity contribution in [1.82, 2.24) is 0 Å². The van der Waals surface area contributed by atoms with Gasteiger partial charge in [-0.2, -0.15) is 0 Å². The molecule has 0 spiro atoms. The minimum absolute atomic E-state index is 0.0452. The summed E-state index contributed by atoms with van der Waals surface area (Å²) in [6, 6.07) is 14.6. The van der Waals surface area contributed by atoms with E-state index in [4.69, 9.17) is 0 Å². The first-order chi connectivity index (χ1) is 9.55. The van der Waals surface area contributed by atoms with Gasteiger partial charge in [0.15, 0.2) is 5.78 Å². The molecule has 1 aliphatic carbocycles. The van der Waals surface area contributed by atoms with Crippen molar-refractivity contribution < 1.29 is 4.79 Å². The second-order valence-corrected chi connectivity index (χ2v) is 5.85. The lowest BCUT2D eigenvalue weighted by molar-refractivity contribution is 0.0996. The number of hydrogen-bond acceptors (Lipinski definition) is 1. The van der Waals surface area contributed by atoms with Crippen LogP contribution in [0.15, 0.2) is 55.1 Å². The predicted octanol–water partition coefficient (Wildman–Crippen LogP) is 4.75. The Kier molecular flexibility index (Phi) is 2.86. The van der Waals surface area contributed by atoms with Gasteiger partial charge in [-0.15, -0.1) is 6.58 Å². The van der Waals surface area contributed by atoms with Crippen molar-refractivity contribution in [1.29, 1.82) is 0 Å². The second-order valence-electron chi connectivity index (χ2n) is 5.85. The lowest BCUT2D eigenvalue weighted by atomic mass is 9.82. The summed E-state index contributed by atoms with van der Waals surface area (Å²) in [5, 5.41) is 0. The smallest absolute Gasteiger partial charge is 0.166 e. The first-order valence-electron chi connectivity index (χ1n) is 6.94. The fraction of sp³-hybridized carbons (Fsp3) is 0.211. The molecule has 0 saturated heterocycles. The van der Waals surface area contributed by atoms with Crippen molar-refractivity contribution in [3.63, 3.8) is 0 Å². The van der Waals surface area contributed by atoms with E-state index in [0.717, 1.165) is 5.56 Å². The molecule has 0 heterocycles. The molecule has 3 rings (SSSR count). The van der Waals surface area contributed by atoms with Gasteiger partial charge in [0, 0.05) is 17.4 Å². The quantitative estimate of drug-likeness (QED) is 0.576. The highest BCUT2D eigenvalue weighted by Crippen LogP contribution is 2.48. The molecule has 100 valence electrons. The third-order valence-electron chi connectivity index (χ3n) is 4.24.